The van der Waals surface area contributed by atoms with Crippen molar-refractivity contribution in [3.05, 3.63) is 56.7 Å². The lowest BCUT2D eigenvalue weighted by Crippen LogP contribution is -2.22. The number of ether oxygens (including phenoxy) is 1. The Hall–Kier alpha value is -0.910. The summed E-state index contributed by atoms with van der Waals surface area (Å²) in [6.07, 6.45) is 3.62. The summed E-state index contributed by atoms with van der Waals surface area (Å²) in [7, 11) is 0. The Balaban J connectivity index is 2.40. The second-order valence-corrected chi connectivity index (χ2v) is 6.41. The summed E-state index contributed by atoms with van der Waals surface area (Å²) in [5.41, 5.74) is 2.27. The van der Waals surface area contributed by atoms with Crippen LogP contribution in [0.25, 0.3) is 0 Å². The summed E-state index contributed by atoms with van der Waals surface area (Å²) in [6, 6.07) is 8.38. The van der Waals surface area contributed by atoms with Gasteiger partial charge in [0.2, 0.25) is 0 Å². The molecule has 0 spiro atoms. The van der Waals surface area contributed by atoms with Gasteiger partial charge in [-0.05, 0) is 48.9 Å². The number of hydrogen-bond acceptors (Lipinski definition) is 3. The summed E-state index contributed by atoms with van der Waals surface area (Å²) >= 11 is 7.09. The first kappa shape index (κ1) is 16.5. The average molecular weight is 414 g/mol. The number of pyridine rings is 1. The Morgan fingerprint density at radius 2 is 1.76 bits per heavy atom. The van der Waals surface area contributed by atoms with Crippen LogP contribution in [0.4, 0.5) is 0 Å². The molecular weight excluding hydrogens is 396 g/mol. The maximum atomic E-state index is 5.55. The predicted molar refractivity (Wildman–Crippen MR) is 92.8 cm³/mol. The van der Waals surface area contributed by atoms with E-state index in [1.54, 1.807) is 6.20 Å². The van der Waals surface area contributed by atoms with Crippen LogP contribution in [0, 0.1) is 0 Å². The molecule has 0 amide bonds. The molecule has 1 heterocycles. The standard InChI is InChI=1S/C16H18Br2N2O/c1-3-20-16(11-5-13(17)8-14(18)6-11)12-7-15(21-4-2)10-19-9-12/h5-10,16,20H,3-4H2,1-2H3. The number of nitrogens with zero attached hydrogens (tertiary/aromatic N) is 1. The third-order valence-electron chi connectivity index (χ3n) is 3.01. The fourth-order valence-electron chi connectivity index (χ4n) is 2.21. The van der Waals surface area contributed by atoms with E-state index in [1.807, 2.05) is 25.3 Å². The first-order valence-corrected chi connectivity index (χ1v) is 8.49. The van der Waals surface area contributed by atoms with Crippen molar-refractivity contribution in [2.75, 3.05) is 13.2 Å². The Morgan fingerprint density at radius 1 is 1.05 bits per heavy atom. The molecule has 2 aromatic rings. The van der Waals surface area contributed by atoms with Crippen molar-refractivity contribution in [1.29, 1.82) is 0 Å². The summed E-state index contributed by atoms with van der Waals surface area (Å²) in [5, 5.41) is 3.50. The first-order chi connectivity index (χ1) is 10.1. The highest BCUT2D eigenvalue weighted by Crippen LogP contribution is 2.29. The van der Waals surface area contributed by atoms with Gasteiger partial charge >= 0.3 is 0 Å². The Bertz CT molecular complexity index is 584. The van der Waals surface area contributed by atoms with Crippen LogP contribution >= 0.6 is 31.9 Å². The SMILES string of the molecule is CCNC(c1cc(Br)cc(Br)c1)c1cncc(OCC)c1. The topological polar surface area (TPSA) is 34.2 Å². The maximum Gasteiger partial charge on any atom is 0.137 e. The molecule has 1 aromatic carbocycles. The maximum absolute atomic E-state index is 5.55. The number of nitrogens with one attached hydrogen (secondary N) is 1. The van der Waals surface area contributed by atoms with E-state index in [0.717, 1.165) is 26.8 Å². The molecule has 0 aliphatic carbocycles. The average Bonchev–Trinajstić information content (AvgIpc) is 2.44. The smallest absolute Gasteiger partial charge is 0.137 e. The zero-order valence-electron chi connectivity index (χ0n) is 12.1. The van der Waals surface area contributed by atoms with Gasteiger partial charge in [0.05, 0.1) is 18.8 Å². The Labute approximate surface area is 142 Å². The molecule has 0 aliphatic rings. The van der Waals surface area contributed by atoms with Gasteiger partial charge in [0.25, 0.3) is 0 Å². The van der Waals surface area contributed by atoms with E-state index in [0.29, 0.717) is 6.61 Å². The van der Waals surface area contributed by atoms with Gasteiger partial charge in [-0.2, -0.15) is 0 Å². The lowest BCUT2D eigenvalue weighted by Gasteiger charge is -2.20. The van der Waals surface area contributed by atoms with Gasteiger partial charge in [-0.1, -0.05) is 38.8 Å². The molecule has 0 aliphatic heterocycles. The van der Waals surface area contributed by atoms with Crippen molar-refractivity contribution in [1.82, 2.24) is 10.3 Å². The quantitative estimate of drug-likeness (QED) is 0.744. The highest BCUT2D eigenvalue weighted by Gasteiger charge is 2.15. The van der Waals surface area contributed by atoms with E-state index < -0.39 is 0 Å². The van der Waals surface area contributed by atoms with E-state index in [1.165, 1.54) is 5.56 Å². The van der Waals surface area contributed by atoms with Gasteiger partial charge in [-0.25, -0.2) is 0 Å². The van der Waals surface area contributed by atoms with E-state index >= 15 is 0 Å². The molecule has 2 rings (SSSR count). The second-order valence-electron chi connectivity index (χ2n) is 4.58. The van der Waals surface area contributed by atoms with Gasteiger partial charge in [-0.3, -0.25) is 4.98 Å². The van der Waals surface area contributed by atoms with E-state index in [4.69, 9.17) is 4.74 Å². The van der Waals surface area contributed by atoms with E-state index in [2.05, 4.69) is 61.2 Å². The fraction of sp³-hybridized carbons (Fsp3) is 0.312. The van der Waals surface area contributed by atoms with Crippen molar-refractivity contribution in [3.8, 4) is 5.75 Å². The third kappa shape index (κ3) is 4.53. The van der Waals surface area contributed by atoms with Gasteiger partial charge in [0.15, 0.2) is 0 Å². The number of rotatable bonds is 6. The second kappa shape index (κ2) is 7.92. The minimum Gasteiger partial charge on any atom is -0.492 e. The summed E-state index contributed by atoms with van der Waals surface area (Å²) in [6.45, 7) is 5.58. The molecule has 1 unspecified atom stereocenters. The lowest BCUT2D eigenvalue weighted by atomic mass is 10.00. The summed E-state index contributed by atoms with van der Waals surface area (Å²) < 4.78 is 7.64. The Morgan fingerprint density at radius 3 is 2.38 bits per heavy atom. The molecule has 0 radical (unpaired) electrons. The normalized spacial score (nSPS) is 12.2. The minimum atomic E-state index is 0.0803. The van der Waals surface area contributed by atoms with Crippen LogP contribution in [0.15, 0.2) is 45.6 Å². The van der Waals surface area contributed by atoms with Crippen LogP contribution in [0.1, 0.15) is 31.0 Å². The number of benzene rings is 1. The highest BCUT2D eigenvalue weighted by atomic mass is 79.9. The van der Waals surface area contributed by atoms with Gasteiger partial charge in [0, 0.05) is 15.1 Å². The number of hydrogen-bond donors (Lipinski definition) is 1. The Kier molecular flexibility index (Phi) is 6.21. The van der Waals surface area contributed by atoms with Crippen LogP contribution in [0.5, 0.6) is 5.75 Å². The molecule has 0 fully saturated rings. The zero-order valence-corrected chi connectivity index (χ0v) is 15.2. The molecular formula is C16H18Br2N2O. The van der Waals surface area contributed by atoms with Crippen LogP contribution in [-0.2, 0) is 0 Å². The zero-order chi connectivity index (χ0) is 15.2. The van der Waals surface area contributed by atoms with Crippen molar-refractivity contribution >= 4 is 31.9 Å². The molecule has 0 bridgehead atoms. The van der Waals surface area contributed by atoms with Crippen LogP contribution in [0.2, 0.25) is 0 Å². The monoisotopic (exact) mass is 412 g/mol. The van der Waals surface area contributed by atoms with Crippen LogP contribution in [-0.4, -0.2) is 18.1 Å². The van der Waals surface area contributed by atoms with Crippen molar-refractivity contribution in [2.24, 2.45) is 0 Å². The molecule has 0 saturated heterocycles. The summed E-state index contributed by atoms with van der Waals surface area (Å²) in [5.74, 6) is 0.798. The third-order valence-corrected chi connectivity index (χ3v) is 3.92. The van der Waals surface area contributed by atoms with E-state index in [9.17, 15) is 0 Å². The molecule has 1 atom stereocenters. The predicted octanol–water partition coefficient (Wildman–Crippen LogP) is 4.70. The van der Waals surface area contributed by atoms with E-state index in [-0.39, 0.29) is 6.04 Å². The van der Waals surface area contributed by atoms with Gasteiger partial charge in [0.1, 0.15) is 5.75 Å². The molecule has 1 aromatic heterocycles. The van der Waals surface area contributed by atoms with Gasteiger partial charge in [-0.15, -0.1) is 0 Å². The van der Waals surface area contributed by atoms with Gasteiger partial charge < -0.3 is 10.1 Å². The molecule has 3 nitrogen and oxygen atoms in total. The minimum absolute atomic E-state index is 0.0803. The first-order valence-electron chi connectivity index (χ1n) is 6.91. The van der Waals surface area contributed by atoms with Crippen molar-refractivity contribution in [3.63, 3.8) is 0 Å². The summed E-state index contributed by atoms with van der Waals surface area (Å²) in [4.78, 5) is 4.29. The molecule has 0 saturated carbocycles. The van der Waals surface area contributed by atoms with Crippen LogP contribution in [0.3, 0.4) is 0 Å². The van der Waals surface area contributed by atoms with Crippen LogP contribution < -0.4 is 10.1 Å². The lowest BCUT2D eigenvalue weighted by molar-refractivity contribution is 0.338. The molecule has 5 heteroatoms. The number of aromatic nitrogens is 1. The molecule has 112 valence electrons. The van der Waals surface area contributed by atoms with Crippen molar-refractivity contribution < 1.29 is 4.74 Å². The highest BCUT2D eigenvalue weighted by molar-refractivity contribution is 9.11. The molecule has 21 heavy (non-hydrogen) atoms. The molecule has 1 N–H and O–H groups in total. The fourth-order valence-corrected chi connectivity index (χ4v) is 3.54. The largest absolute Gasteiger partial charge is 0.492 e. The van der Waals surface area contributed by atoms with Crippen molar-refractivity contribution in [2.45, 2.75) is 19.9 Å². The number of halogens is 2.